The lowest BCUT2D eigenvalue weighted by Gasteiger charge is -2.28. The number of alkyl halides is 3. The highest BCUT2D eigenvalue weighted by molar-refractivity contribution is 5.33. The van der Waals surface area contributed by atoms with Gasteiger partial charge in [0.2, 0.25) is 5.75 Å². The number of rotatable bonds is 5. The Morgan fingerprint density at radius 3 is 2.17 bits per heavy atom. The first kappa shape index (κ1) is 18.5. The van der Waals surface area contributed by atoms with Gasteiger partial charge in [0.1, 0.15) is 0 Å². The zero-order valence-electron chi connectivity index (χ0n) is 13.1. The van der Waals surface area contributed by atoms with Gasteiger partial charge in [-0.25, -0.2) is 8.78 Å². The zero-order valence-corrected chi connectivity index (χ0v) is 13.1. The van der Waals surface area contributed by atoms with E-state index in [9.17, 15) is 22.0 Å². The van der Waals surface area contributed by atoms with Crippen molar-refractivity contribution in [1.29, 1.82) is 0 Å². The van der Waals surface area contributed by atoms with Crippen LogP contribution in [0, 0.1) is 17.6 Å². The van der Waals surface area contributed by atoms with E-state index < -0.39 is 23.7 Å². The van der Waals surface area contributed by atoms with E-state index in [-0.39, 0.29) is 5.92 Å². The second-order valence-electron chi connectivity index (χ2n) is 5.98. The molecule has 0 N–H and O–H groups in total. The smallest absolute Gasteiger partial charge is 0.399 e. The second-order valence-corrected chi connectivity index (χ2v) is 5.98. The Hall–Kier alpha value is -1.85. The first-order valence-corrected chi connectivity index (χ1v) is 7.82. The molecule has 0 aromatic heterocycles. The Bertz CT molecular complexity index is 575. The summed E-state index contributed by atoms with van der Waals surface area (Å²) in [6, 6.07) is 1.90. The van der Waals surface area contributed by atoms with Crippen molar-refractivity contribution >= 4 is 0 Å². The van der Waals surface area contributed by atoms with Crippen molar-refractivity contribution in [2.24, 2.45) is 5.92 Å². The fourth-order valence-electron chi connectivity index (χ4n) is 3.13. The topological polar surface area (TPSA) is 9.23 Å². The van der Waals surface area contributed by atoms with E-state index in [2.05, 4.69) is 11.3 Å². The van der Waals surface area contributed by atoms with Gasteiger partial charge in [-0.3, -0.25) is 0 Å². The molecule has 24 heavy (non-hydrogen) atoms. The molecular weight excluding hydrogens is 327 g/mol. The predicted molar refractivity (Wildman–Crippen MR) is 81.7 cm³/mol. The molecule has 1 aliphatic carbocycles. The summed E-state index contributed by atoms with van der Waals surface area (Å²) >= 11 is 0. The van der Waals surface area contributed by atoms with Gasteiger partial charge in [-0.1, -0.05) is 24.8 Å². The maximum absolute atomic E-state index is 13.8. The summed E-state index contributed by atoms with van der Waals surface area (Å²) in [5, 5.41) is 0. The number of ether oxygens (including phenoxy) is 1. The van der Waals surface area contributed by atoms with Gasteiger partial charge in [-0.15, -0.1) is 13.2 Å². The van der Waals surface area contributed by atoms with E-state index in [0.717, 1.165) is 44.2 Å². The summed E-state index contributed by atoms with van der Waals surface area (Å²) in [7, 11) is 0. The Morgan fingerprint density at radius 2 is 1.67 bits per heavy atom. The molecule has 2 rings (SSSR count). The monoisotopic (exact) mass is 346 g/mol. The predicted octanol–water partition coefficient (Wildman–Crippen LogP) is 6.27. The van der Waals surface area contributed by atoms with Crippen LogP contribution < -0.4 is 4.74 Å². The van der Waals surface area contributed by atoms with Crippen molar-refractivity contribution in [2.45, 2.75) is 44.4 Å². The average Bonchev–Trinajstić information content (AvgIpc) is 2.51. The van der Waals surface area contributed by atoms with E-state index >= 15 is 0 Å². The maximum Gasteiger partial charge on any atom is 0.573 e. The lowest BCUT2D eigenvalue weighted by atomic mass is 9.77. The van der Waals surface area contributed by atoms with Crippen molar-refractivity contribution < 1.29 is 26.7 Å². The largest absolute Gasteiger partial charge is 0.573 e. The van der Waals surface area contributed by atoms with Crippen LogP contribution in [0.15, 0.2) is 36.9 Å². The van der Waals surface area contributed by atoms with Crippen LogP contribution in [0.1, 0.15) is 43.6 Å². The van der Waals surface area contributed by atoms with Crippen LogP contribution in [-0.4, -0.2) is 6.36 Å². The Morgan fingerprint density at radius 1 is 1.08 bits per heavy atom. The van der Waals surface area contributed by atoms with Gasteiger partial charge in [0, 0.05) is 0 Å². The van der Waals surface area contributed by atoms with Crippen molar-refractivity contribution in [2.75, 3.05) is 0 Å². The van der Waals surface area contributed by atoms with E-state index in [1.165, 1.54) is 0 Å². The molecule has 0 atom stereocenters. The lowest BCUT2D eigenvalue weighted by molar-refractivity contribution is -0.276. The van der Waals surface area contributed by atoms with Gasteiger partial charge >= 0.3 is 6.36 Å². The third kappa shape index (κ3) is 5.08. The third-order valence-corrected chi connectivity index (χ3v) is 4.30. The first-order valence-electron chi connectivity index (χ1n) is 7.82. The SMILES string of the molecule is C=C/C=C\CC1CCC(c2cc(F)c(OC(F)(F)F)c(F)c2)CC1. The van der Waals surface area contributed by atoms with Crippen molar-refractivity contribution in [3.8, 4) is 5.75 Å². The van der Waals surface area contributed by atoms with Crippen LogP contribution in [0.2, 0.25) is 0 Å². The summed E-state index contributed by atoms with van der Waals surface area (Å²) in [4.78, 5) is 0. The Kier molecular flexibility index (Phi) is 6.02. The molecule has 0 aliphatic heterocycles. The molecule has 0 amide bonds. The first-order chi connectivity index (χ1) is 11.3. The molecule has 1 aliphatic rings. The highest BCUT2D eigenvalue weighted by atomic mass is 19.4. The second kappa shape index (κ2) is 7.81. The zero-order chi connectivity index (χ0) is 17.7. The Labute approximate surface area is 137 Å². The summed E-state index contributed by atoms with van der Waals surface area (Å²) in [6.07, 6.45) is 4.78. The number of halogens is 5. The molecule has 1 aromatic rings. The van der Waals surface area contributed by atoms with Crippen molar-refractivity contribution in [3.63, 3.8) is 0 Å². The van der Waals surface area contributed by atoms with Crippen LogP contribution >= 0.6 is 0 Å². The molecule has 0 heterocycles. The van der Waals surface area contributed by atoms with Gasteiger partial charge in [0.15, 0.2) is 11.6 Å². The van der Waals surface area contributed by atoms with Crippen LogP contribution in [0.5, 0.6) is 5.75 Å². The quantitative estimate of drug-likeness (QED) is 0.451. The third-order valence-electron chi connectivity index (χ3n) is 4.30. The van der Waals surface area contributed by atoms with E-state index in [0.29, 0.717) is 11.5 Å². The Balaban J connectivity index is 2.03. The number of hydrogen-bond donors (Lipinski definition) is 0. The molecule has 1 aromatic carbocycles. The molecule has 6 heteroatoms. The average molecular weight is 346 g/mol. The molecule has 0 bridgehead atoms. The highest BCUT2D eigenvalue weighted by Crippen LogP contribution is 2.39. The van der Waals surface area contributed by atoms with Crippen LogP contribution in [0.4, 0.5) is 22.0 Å². The molecule has 132 valence electrons. The standard InChI is InChI=1S/C18H19F5O/c1-2-3-4-5-12-6-8-13(9-7-12)14-10-15(19)17(16(20)11-14)24-18(21,22)23/h2-4,10-13H,1,5-9H2/b4-3-. The minimum atomic E-state index is -5.12. The van der Waals surface area contributed by atoms with Crippen molar-refractivity contribution in [3.05, 3.63) is 54.1 Å². The fourth-order valence-corrected chi connectivity index (χ4v) is 3.13. The fraction of sp³-hybridized carbons (Fsp3) is 0.444. The van der Waals surface area contributed by atoms with E-state index in [1.807, 2.05) is 12.2 Å². The number of allylic oxidation sites excluding steroid dienone is 3. The lowest BCUT2D eigenvalue weighted by Crippen LogP contribution is -2.19. The minimum absolute atomic E-state index is 0.0476. The van der Waals surface area contributed by atoms with Crippen molar-refractivity contribution in [1.82, 2.24) is 0 Å². The molecular formula is C18H19F5O. The normalized spacial score (nSPS) is 21.9. The van der Waals surface area contributed by atoms with Crippen LogP contribution in [-0.2, 0) is 0 Å². The molecule has 0 radical (unpaired) electrons. The molecule has 1 saturated carbocycles. The van der Waals surface area contributed by atoms with Gasteiger partial charge < -0.3 is 4.74 Å². The number of hydrogen-bond acceptors (Lipinski definition) is 1. The van der Waals surface area contributed by atoms with Crippen LogP contribution in [0.25, 0.3) is 0 Å². The highest BCUT2D eigenvalue weighted by Gasteiger charge is 2.34. The van der Waals surface area contributed by atoms with Gasteiger partial charge in [0.05, 0.1) is 0 Å². The van der Waals surface area contributed by atoms with Gasteiger partial charge in [-0.2, -0.15) is 0 Å². The van der Waals surface area contributed by atoms with Crippen LogP contribution in [0.3, 0.4) is 0 Å². The van der Waals surface area contributed by atoms with Gasteiger partial charge in [-0.05, 0) is 61.6 Å². The maximum atomic E-state index is 13.8. The van der Waals surface area contributed by atoms with E-state index in [4.69, 9.17) is 0 Å². The summed E-state index contributed by atoms with van der Waals surface area (Å²) in [5.41, 5.74) is 0.389. The molecule has 1 nitrogen and oxygen atoms in total. The molecule has 0 saturated heterocycles. The molecule has 0 unspecified atom stereocenters. The van der Waals surface area contributed by atoms with E-state index in [1.54, 1.807) is 6.08 Å². The molecule has 0 spiro atoms. The summed E-state index contributed by atoms with van der Waals surface area (Å²) < 4.78 is 67.5. The summed E-state index contributed by atoms with van der Waals surface area (Å²) in [6.45, 7) is 3.60. The summed E-state index contributed by atoms with van der Waals surface area (Å²) in [5.74, 6) is -3.57. The minimum Gasteiger partial charge on any atom is -0.399 e. The molecule has 1 fully saturated rings. The van der Waals surface area contributed by atoms with Gasteiger partial charge in [0.25, 0.3) is 0 Å². The number of benzene rings is 1.